The lowest BCUT2D eigenvalue weighted by Crippen LogP contribution is -2.36. The van der Waals surface area contributed by atoms with E-state index in [2.05, 4.69) is 5.32 Å². The summed E-state index contributed by atoms with van der Waals surface area (Å²) in [7, 11) is -3.24. The Kier molecular flexibility index (Phi) is 5.93. The number of nitrogens with one attached hydrogen (secondary N) is 1. The van der Waals surface area contributed by atoms with Gasteiger partial charge in [0, 0.05) is 37.4 Å². The zero-order valence-electron chi connectivity index (χ0n) is 14.9. The molecule has 0 aliphatic carbocycles. The van der Waals surface area contributed by atoms with Crippen LogP contribution in [-0.2, 0) is 10.0 Å². The van der Waals surface area contributed by atoms with Gasteiger partial charge >= 0.3 is 0 Å². The standard InChI is InChI=1S/C18H21N3O4S2/c1-27(24,25)21-10-3-9-20(11-12-21)18(23)14-5-7-15(8-6-14)19-17(22)16-4-2-13-26-16/h2,4-8,13H,3,9-12H2,1H3,(H,19,22). The number of hydrogen-bond acceptors (Lipinski definition) is 5. The number of sulfonamides is 1. The number of anilines is 1. The summed E-state index contributed by atoms with van der Waals surface area (Å²) in [5, 5.41) is 4.63. The molecule has 0 saturated carbocycles. The highest BCUT2D eigenvalue weighted by Gasteiger charge is 2.24. The molecular weight excluding hydrogens is 386 g/mol. The van der Waals surface area contributed by atoms with Gasteiger partial charge in [-0.25, -0.2) is 12.7 Å². The molecule has 0 spiro atoms. The molecule has 0 bridgehead atoms. The Labute approximate surface area is 162 Å². The van der Waals surface area contributed by atoms with Crippen LogP contribution in [0.4, 0.5) is 5.69 Å². The Morgan fingerprint density at radius 2 is 1.78 bits per heavy atom. The molecule has 7 nitrogen and oxygen atoms in total. The Bertz CT molecular complexity index is 909. The SMILES string of the molecule is CS(=O)(=O)N1CCCN(C(=O)c2ccc(NC(=O)c3cccs3)cc2)CC1. The van der Waals surface area contributed by atoms with Crippen LogP contribution in [0.1, 0.15) is 26.5 Å². The lowest BCUT2D eigenvalue weighted by atomic mass is 10.1. The van der Waals surface area contributed by atoms with E-state index in [9.17, 15) is 18.0 Å². The van der Waals surface area contributed by atoms with E-state index in [1.54, 1.807) is 35.2 Å². The lowest BCUT2D eigenvalue weighted by molar-refractivity contribution is 0.0764. The first-order chi connectivity index (χ1) is 12.8. The molecule has 1 N–H and O–H groups in total. The van der Waals surface area contributed by atoms with Gasteiger partial charge in [-0.2, -0.15) is 0 Å². The van der Waals surface area contributed by atoms with E-state index in [1.165, 1.54) is 21.9 Å². The zero-order chi connectivity index (χ0) is 19.4. The molecule has 2 amide bonds. The van der Waals surface area contributed by atoms with Crippen molar-refractivity contribution in [1.29, 1.82) is 0 Å². The molecule has 1 fully saturated rings. The molecule has 1 aliphatic rings. The third-order valence-corrected chi connectivity index (χ3v) is 6.52. The third kappa shape index (κ3) is 4.94. The number of carbonyl (C=O) groups excluding carboxylic acids is 2. The van der Waals surface area contributed by atoms with Crippen LogP contribution in [0.25, 0.3) is 0 Å². The maximum atomic E-state index is 12.7. The van der Waals surface area contributed by atoms with Crippen LogP contribution in [0.15, 0.2) is 41.8 Å². The quantitative estimate of drug-likeness (QED) is 0.841. The summed E-state index contributed by atoms with van der Waals surface area (Å²) in [6.45, 7) is 1.61. The van der Waals surface area contributed by atoms with Crippen molar-refractivity contribution in [3.8, 4) is 0 Å². The van der Waals surface area contributed by atoms with Crippen LogP contribution in [0.3, 0.4) is 0 Å². The molecule has 0 radical (unpaired) electrons. The van der Waals surface area contributed by atoms with Gasteiger partial charge in [-0.3, -0.25) is 9.59 Å². The molecule has 0 atom stereocenters. The maximum Gasteiger partial charge on any atom is 0.265 e. The first-order valence-corrected chi connectivity index (χ1v) is 11.3. The number of carbonyl (C=O) groups is 2. The number of amides is 2. The van der Waals surface area contributed by atoms with Gasteiger partial charge in [0.05, 0.1) is 11.1 Å². The predicted molar refractivity (Wildman–Crippen MR) is 106 cm³/mol. The summed E-state index contributed by atoms with van der Waals surface area (Å²) in [5.74, 6) is -0.320. The van der Waals surface area contributed by atoms with Crippen molar-refractivity contribution in [2.75, 3.05) is 37.8 Å². The van der Waals surface area contributed by atoms with Crippen molar-refractivity contribution in [2.24, 2.45) is 0 Å². The summed E-state index contributed by atoms with van der Waals surface area (Å²) >= 11 is 1.36. The molecular formula is C18H21N3O4S2. The number of rotatable bonds is 4. The Morgan fingerprint density at radius 3 is 2.41 bits per heavy atom. The highest BCUT2D eigenvalue weighted by molar-refractivity contribution is 7.88. The number of hydrogen-bond donors (Lipinski definition) is 1. The van der Waals surface area contributed by atoms with Crippen molar-refractivity contribution < 1.29 is 18.0 Å². The smallest absolute Gasteiger partial charge is 0.265 e. The number of thiophene rings is 1. The van der Waals surface area contributed by atoms with E-state index >= 15 is 0 Å². The second kappa shape index (κ2) is 8.20. The van der Waals surface area contributed by atoms with Gasteiger partial charge in [0.15, 0.2) is 0 Å². The molecule has 144 valence electrons. The molecule has 9 heteroatoms. The van der Waals surface area contributed by atoms with Crippen molar-refractivity contribution in [3.63, 3.8) is 0 Å². The minimum absolute atomic E-state index is 0.138. The van der Waals surface area contributed by atoms with Gasteiger partial charge in [-0.15, -0.1) is 11.3 Å². The van der Waals surface area contributed by atoms with Crippen molar-refractivity contribution in [2.45, 2.75) is 6.42 Å². The Hall–Kier alpha value is -2.23. The topological polar surface area (TPSA) is 86.8 Å². The molecule has 2 aromatic rings. The second-order valence-corrected chi connectivity index (χ2v) is 9.25. The molecule has 1 aliphatic heterocycles. The molecule has 1 saturated heterocycles. The normalized spacial score (nSPS) is 16.0. The fraction of sp³-hybridized carbons (Fsp3) is 0.333. The summed E-state index contributed by atoms with van der Waals surface area (Å²) in [6, 6.07) is 10.3. The predicted octanol–water partition coefficient (Wildman–Crippen LogP) is 2.11. The van der Waals surface area contributed by atoms with E-state index in [1.807, 2.05) is 11.4 Å². The monoisotopic (exact) mass is 407 g/mol. The Balaban J connectivity index is 1.63. The fourth-order valence-corrected chi connectivity index (χ4v) is 4.40. The molecule has 1 aromatic heterocycles. The maximum absolute atomic E-state index is 12.7. The molecule has 27 heavy (non-hydrogen) atoms. The van der Waals surface area contributed by atoms with E-state index in [0.29, 0.717) is 48.7 Å². The first kappa shape index (κ1) is 19.5. The lowest BCUT2D eigenvalue weighted by Gasteiger charge is -2.21. The van der Waals surface area contributed by atoms with Gasteiger partial charge in [-0.1, -0.05) is 6.07 Å². The van der Waals surface area contributed by atoms with Gasteiger partial charge in [0.25, 0.3) is 11.8 Å². The summed E-state index contributed by atoms with van der Waals surface area (Å²) in [4.78, 5) is 27.1. The molecule has 0 unspecified atom stereocenters. The number of benzene rings is 1. The fourth-order valence-electron chi connectivity index (χ4n) is 2.91. The minimum atomic E-state index is -3.24. The molecule has 3 rings (SSSR count). The van der Waals surface area contributed by atoms with Crippen LogP contribution >= 0.6 is 11.3 Å². The van der Waals surface area contributed by atoms with Crippen LogP contribution in [0.2, 0.25) is 0 Å². The molecule has 1 aromatic carbocycles. The van der Waals surface area contributed by atoms with Crippen LogP contribution < -0.4 is 5.32 Å². The molecule has 2 heterocycles. The largest absolute Gasteiger partial charge is 0.337 e. The van der Waals surface area contributed by atoms with E-state index in [4.69, 9.17) is 0 Å². The van der Waals surface area contributed by atoms with Crippen molar-refractivity contribution >= 4 is 38.9 Å². The Morgan fingerprint density at radius 1 is 1.04 bits per heavy atom. The third-order valence-electron chi connectivity index (χ3n) is 4.35. The van der Waals surface area contributed by atoms with Crippen LogP contribution in [0.5, 0.6) is 0 Å². The first-order valence-electron chi connectivity index (χ1n) is 8.54. The van der Waals surface area contributed by atoms with E-state index in [0.717, 1.165) is 0 Å². The summed E-state index contributed by atoms with van der Waals surface area (Å²) < 4.78 is 24.8. The average Bonchev–Trinajstić information content (AvgIpc) is 3.05. The van der Waals surface area contributed by atoms with Crippen molar-refractivity contribution in [1.82, 2.24) is 9.21 Å². The van der Waals surface area contributed by atoms with E-state index in [-0.39, 0.29) is 11.8 Å². The highest BCUT2D eigenvalue weighted by Crippen LogP contribution is 2.16. The summed E-state index contributed by atoms with van der Waals surface area (Å²) in [6.07, 6.45) is 1.79. The minimum Gasteiger partial charge on any atom is -0.337 e. The van der Waals surface area contributed by atoms with Crippen LogP contribution in [-0.4, -0.2) is 61.9 Å². The number of nitrogens with zero attached hydrogens (tertiary/aromatic N) is 2. The van der Waals surface area contributed by atoms with Crippen LogP contribution in [0, 0.1) is 0 Å². The second-order valence-electron chi connectivity index (χ2n) is 6.32. The summed E-state index contributed by atoms with van der Waals surface area (Å²) in [5.41, 5.74) is 1.13. The van der Waals surface area contributed by atoms with Crippen molar-refractivity contribution in [3.05, 3.63) is 52.2 Å². The average molecular weight is 408 g/mol. The van der Waals surface area contributed by atoms with E-state index < -0.39 is 10.0 Å². The van der Waals surface area contributed by atoms with Gasteiger partial charge in [0.1, 0.15) is 0 Å². The highest BCUT2D eigenvalue weighted by atomic mass is 32.2. The van der Waals surface area contributed by atoms with Gasteiger partial charge in [-0.05, 0) is 42.1 Å². The zero-order valence-corrected chi connectivity index (χ0v) is 16.6. The van der Waals surface area contributed by atoms with Gasteiger partial charge in [0.2, 0.25) is 10.0 Å². The van der Waals surface area contributed by atoms with Gasteiger partial charge < -0.3 is 10.2 Å².